The van der Waals surface area contributed by atoms with Gasteiger partial charge in [-0.1, -0.05) is 34.1 Å². The lowest BCUT2D eigenvalue weighted by Crippen LogP contribution is -2.44. The summed E-state index contributed by atoms with van der Waals surface area (Å²) in [5.74, 6) is 0. The third kappa shape index (κ3) is 4.19. The van der Waals surface area contributed by atoms with E-state index in [4.69, 9.17) is 9.16 Å². The Morgan fingerprint density at radius 3 is 2.31 bits per heavy atom. The van der Waals surface area contributed by atoms with E-state index in [2.05, 4.69) is 40.8 Å². The fraction of sp³-hybridized carbons (Fsp3) is 1.00. The van der Waals surface area contributed by atoms with Crippen molar-refractivity contribution >= 4 is 8.32 Å². The van der Waals surface area contributed by atoms with Gasteiger partial charge in [-0.2, -0.15) is 0 Å². The Morgan fingerprint density at radius 1 is 1.38 bits per heavy atom. The average Bonchev–Trinajstić information content (AvgIpc) is 2.85. The summed E-state index contributed by atoms with van der Waals surface area (Å²) in [5, 5.41) is 0.309. The molecule has 1 fully saturated rings. The van der Waals surface area contributed by atoms with Gasteiger partial charge in [-0.05, 0) is 24.6 Å². The van der Waals surface area contributed by atoms with Gasteiger partial charge in [0.1, 0.15) is 0 Å². The zero-order valence-electron chi connectivity index (χ0n) is 11.8. The van der Waals surface area contributed by atoms with E-state index < -0.39 is 8.32 Å². The normalized spacial score (nSPS) is 23.2. The summed E-state index contributed by atoms with van der Waals surface area (Å²) in [5.41, 5.74) is 0. The minimum Gasteiger partial charge on any atom is -0.414 e. The Morgan fingerprint density at radius 2 is 1.94 bits per heavy atom. The number of hydrogen-bond donors (Lipinski definition) is 0. The summed E-state index contributed by atoms with van der Waals surface area (Å²) in [4.78, 5) is 0. The maximum absolute atomic E-state index is 6.45. The predicted octanol–water partition coefficient (Wildman–Crippen LogP) is 3.97. The predicted molar refractivity (Wildman–Crippen MR) is 71.3 cm³/mol. The van der Waals surface area contributed by atoms with E-state index in [1.165, 1.54) is 12.8 Å². The van der Waals surface area contributed by atoms with Crippen molar-refractivity contribution in [2.24, 2.45) is 0 Å². The summed E-state index contributed by atoms with van der Waals surface area (Å²) in [7, 11) is -1.60. The van der Waals surface area contributed by atoms with E-state index >= 15 is 0 Å². The van der Waals surface area contributed by atoms with Gasteiger partial charge in [0.05, 0.1) is 12.7 Å². The van der Waals surface area contributed by atoms with Crippen molar-refractivity contribution in [3.05, 3.63) is 0 Å². The number of epoxide rings is 1. The van der Waals surface area contributed by atoms with Crippen molar-refractivity contribution in [3.63, 3.8) is 0 Å². The number of ether oxygens (including phenoxy) is 1. The molecule has 0 saturated carbocycles. The molecule has 2 unspecified atom stereocenters. The Hall–Kier alpha value is 0.137. The first-order valence-electron chi connectivity index (χ1n) is 6.55. The molecule has 0 aromatic carbocycles. The van der Waals surface area contributed by atoms with Crippen LogP contribution in [0.3, 0.4) is 0 Å². The topological polar surface area (TPSA) is 21.8 Å². The van der Waals surface area contributed by atoms with Gasteiger partial charge in [-0.15, -0.1) is 0 Å². The van der Waals surface area contributed by atoms with Crippen molar-refractivity contribution in [1.82, 2.24) is 0 Å². The van der Waals surface area contributed by atoms with Crippen LogP contribution in [0.4, 0.5) is 0 Å². The summed E-state index contributed by atoms with van der Waals surface area (Å²) >= 11 is 0. The lowest BCUT2D eigenvalue weighted by molar-refractivity contribution is 0.149. The summed E-state index contributed by atoms with van der Waals surface area (Å²) in [6.45, 7) is 14.8. The van der Waals surface area contributed by atoms with Gasteiger partial charge >= 0.3 is 0 Å². The van der Waals surface area contributed by atoms with Crippen LogP contribution in [0.1, 0.15) is 47.0 Å². The van der Waals surface area contributed by atoms with Crippen LogP contribution in [0.15, 0.2) is 0 Å². The zero-order chi connectivity index (χ0) is 12.4. The Balaban J connectivity index is 2.51. The highest BCUT2D eigenvalue weighted by atomic mass is 28.4. The maximum Gasteiger partial charge on any atom is 0.192 e. The first-order chi connectivity index (χ1) is 7.26. The molecule has 0 spiro atoms. The molecule has 3 heteroatoms. The molecule has 0 aromatic rings. The molecule has 0 N–H and O–H groups in total. The number of rotatable bonds is 6. The molecule has 16 heavy (non-hydrogen) atoms. The highest BCUT2D eigenvalue weighted by molar-refractivity contribution is 6.74. The molecule has 0 radical (unpaired) electrons. The maximum atomic E-state index is 6.45. The van der Waals surface area contributed by atoms with Gasteiger partial charge in [-0.3, -0.25) is 0 Å². The second-order valence-corrected chi connectivity index (χ2v) is 11.2. The molecular weight excluding hydrogens is 216 g/mol. The van der Waals surface area contributed by atoms with Crippen molar-refractivity contribution in [3.8, 4) is 0 Å². The minimum absolute atomic E-state index is 0.309. The van der Waals surface area contributed by atoms with E-state index in [1.807, 2.05) is 0 Å². The second kappa shape index (κ2) is 5.19. The van der Waals surface area contributed by atoms with Gasteiger partial charge in [0.15, 0.2) is 8.32 Å². The Labute approximate surface area is 102 Å². The van der Waals surface area contributed by atoms with E-state index in [0.29, 0.717) is 17.2 Å². The molecule has 0 aliphatic carbocycles. The lowest BCUT2D eigenvalue weighted by Gasteiger charge is -2.39. The molecule has 1 rings (SSSR count). The Kier molecular flexibility index (Phi) is 4.61. The fourth-order valence-electron chi connectivity index (χ4n) is 1.64. The molecule has 96 valence electrons. The lowest BCUT2D eigenvalue weighted by atomic mass is 10.1. The van der Waals surface area contributed by atoms with E-state index in [-0.39, 0.29) is 0 Å². The second-order valence-electron chi connectivity index (χ2n) is 6.48. The van der Waals surface area contributed by atoms with Gasteiger partial charge in [-0.25, -0.2) is 0 Å². The monoisotopic (exact) mass is 244 g/mol. The van der Waals surface area contributed by atoms with E-state index in [9.17, 15) is 0 Å². The van der Waals surface area contributed by atoms with Gasteiger partial charge < -0.3 is 9.16 Å². The van der Waals surface area contributed by atoms with Crippen molar-refractivity contribution in [1.29, 1.82) is 0 Å². The smallest absolute Gasteiger partial charge is 0.192 e. The SMILES string of the molecule is CCCC(CC1CO1)O[Si](C)(C)C(C)(C)C. The van der Waals surface area contributed by atoms with Crippen molar-refractivity contribution < 1.29 is 9.16 Å². The molecule has 0 bridgehead atoms. The molecule has 0 amide bonds. The molecule has 2 nitrogen and oxygen atoms in total. The quantitative estimate of drug-likeness (QED) is 0.521. The van der Waals surface area contributed by atoms with Gasteiger partial charge in [0, 0.05) is 12.5 Å². The summed E-state index contributed by atoms with van der Waals surface area (Å²) in [6.07, 6.45) is 4.37. The first-order valence-corrected chi connectivity index (χ1v) is 9.46. The van der Waals surface area contributed by atoms with Crippen molar-refractivity contribution in [2.75, 3.05) is 6.61 Å². The Bertz CT molecular complexity index is 216. The number of hydrogen-bond acceptors (Lipinski definition) is 2. The van der Waals surface area contributed by atoms with Crippen LogP contribution >= 0.6 is 0 Å². The van der Waals surface area contributed by atoms with Gasteiger partial charge in [0.25, 0.3) is 0 Å². The molecule has 1 aliphatic heterocycles. The standard InChI is InChI=1S/C13H28O2Si/c1-7-8-11(9-12-10-14-12)15-16(5,6)13(2,3)4/h11-12H,7-10H2,1-6H3. The van der Waals surface area contributed by atoms with Crippen LogP contribution < -0.4 is 0 Å². The third-order valence-electron chi connectivity index (χ3n) is 3.81. The van der Waals surface area contributed by atoms with Crippen LogP contribution in [-0.2, 0) is 9.16 Å². The van der Waals surface area contributed by atoms with Crippen LogP contribution in [0.2, 0.25) is 18.1 Å². The first kappa shape index (κ1) is 14.2. The van der Waals surface area contributed by atoms with Gasteiger partial charge in [0.2, 0.25) is 0 Å². The van der Waals surface area contributed by atoms with Crippen LogP contribution in [-0.4, -0.2) is 27.1 Å². The average molecular weight is 244 g/mol. The fourth-order valence-corrected chi connectivity index (χ4v) is 3.04. The van der Waals surface area contributed by atoms with E-state index in [1.54, 1.807) is 0 Å². The largest absolute Gasteiger partial charge is 0.414 e. The molecule has 0 aromatic heterocycles. The molecule has 2 atom stereocenters. The highest BCUT2D eigenvalue weighted by Crippen LogP contribution is 2.38. The minimum atomic E-state index is -1.60. The summed E-state index contributed by atoms with van der Waals surface area (Å²) < 4.78 is 11.8. The molecule has 1 aliphatic rings. The third-order valence-corrected chi connectivity index (χ3v) is 8.34. The zero-order valence-corrected chi connectivity index (χ0v) is 12.8. The molecule has 1 saturated heterocycles. The van der Waals surface area contributed by atoms with Crippen LogP contribution in [0.25, 0.3) is 0 Å². The van der Waals surface area contributed by atoms with Crippen LogP contribution in [0.5, 0.6) is 0 Å². The van der Waals surface area contributed by atoms with Crippen LogP contribution in [0, 0.1) is 0 Å². The summed E-state index contributed by atoms with van der Waals surface area (Å²) in [6, 6.07) is 0. The highest BCUT2D eigenvalue weighted by Gasteiger charge is 2.40. The molecular formula is C13H28O2Si. The van der Waals surface area contributed by atoms with Crippen molar-refractivity contribution in [2.45, 2.75) is 77.3 Å². The van der Waals surface area contributed by atoms with E-state index in [0.717, 1.165) is 13.0 Å². The molecule has 1 heterocycles.